The fourth-order valence-electron chi connectivity index (χ4n) is 3.15. The van der Waals surface area contributed by atoms with Crippen LogP contribution in [0.1, 0.15) is 44.1 Å². The summed E-state index contributed by atoms with van der Waals surface area (Å²) in [6, 6.07) is 9.68. The van der Waals surface area contributed by atoms with Crippen molar-refractivity contribution in [2.45, 2.75) is 44.1 Å². The molecule has 1 aromatic carbocycles. The fourth-order valence-corrected chi connectivity index (χ4v) is 3.15. The average molecular weight is 330 g/mol. The molecular formula is C18H22N2O4. The average Bonchev–Trinajstić information content (AvgIpc) is 3.11. The highest BCUT2D eigenvalue weighted by Crippen LogP contribution is 2.29. The summed E-state index contributed by atoms with van der Waals surface area (Å²) in [4.78, 5) is 24.2. The van der Waals surface area contributed by atoms with Crippen LogP contribution in [0.15, 0.2) is 35.4 Å². The number of hydrogen-bond donors (Lipinski definition) is 1. The number of benzene rings is 1. The van der Waals surface area contributed by atoms with E-state index in [1.165, 1.54) is 5.01 Å². The van der Waals surface area contributed by atoms with Gasteiger partial charge in [-0.1, -0.05) is 36.8 Å². The van der Waals surface area contributed by atoms with E-state index in [1.807, 2.05) is 30.3 Å². The SMILES string of the molecule is O=C(COC(=O)C1(O)CCCCC1)N1CCC(c2ccccc2)=N1. The Balaban J connectivity index is 1.54. The highest BCUT2D eigenvalue weighted by Gasteiger charge is 2.39. The van der Waals surface area contributed by atoms with E-state index in [1.54, 1.807) is 0 Å². The Kier molecular flexibility index (Phi) is 4.94. The van der Waals surface area contributed by atoms with E-state index >= 15 is 0 Å². The molecule has 3 rings (SSSR count). The lowest BCUT2D eigenvalue weighted by atomic mass is 9.85. The number of hydrazone groups is 1. The second-order valence-corrected chi connectivity index (χ2v) is 6.35. The van der Waals surface area contributed by atoms with E-state index in [-0.39, 0.29) is 12.5 Å². The number of ether oxygens (including phenoxy) is 1. The molecule has 24 heavy (non-hydrogen) atoms. The van der Waals surface area contributed by atoms with Crippen LogP contribution in [-0.4, -0.2) is 46.5 Å². The van der Waals surface area contributed by atoms with Gasteiger partial charge >= 0.3 is 5.97 Å². The third-order valence-corrected chi connectivity index (χ3v) is 4.58. The molecule has 6 nitrogen and oxygen atoms in total. The van der Waals surface area contributed by atoms with Crippen molar-refractivity contribution < 1.29 is 19.4 Å². The second kappa shape index (κ2) is 7.13. The van der Waals surface area contributed by atoms with Gasteiger partial charge in [0.1, 0.15) is 0 Å². The summed E-state index contributed by atoms with van der Waals surface area (Å²) >= 11 is 0. The van der Waals surface area contributed by atoms with Crippen molar-refractivity contribution in [2.75, 3.05) is 13.2 Å². The molecule has 0 atom stereocenters. The molecule has 0 unspecified atom stereocenters. The van der Waals surface area contributed by atoms with Gasteiger partial charge in [0.15, 0.2) is 12.2 Å². The predicted octanol–water partition coefficient (Wildman–Crippen LogP) is 1.86. The number of aliphatic hydroxyl groups is 1. The van der Waals surface area contributed by atoms with Crippen molar-refractivity contribution in [2.24, 2.45) is 5.10 Å². The first-order chi connectivity index (χ1) is 11.6. The monoisotopic (exact) mass is 330 g/mol. The van der Waals surface area contributed by atoms with Gasteiger partial charge in [-0.3, -0.25) is 4.79 Å². The van der Waals surface area contributed by atoms with E-state index < -0.39 is 11.6 Å². The number of carbonyl (C=O) groups is 2. The lowest BCUT2D eigenvalue weighted by molar-refractivity contribution is -0.172. The summed E-state index contributed by atoms with van der Waals surface area (Å²) in [7, 11) is 0. The lowest BCUT2D eigenvalue weighted by Gasteiger charge is -2.29. The number of carbonyl (C=O) groups excluding carboxylic acids is 2. The molecule has 1 aliphatic carbocycles. The zero-order chi connectivity index (χ0) is 17.0. The number of hydrogen-bond acceptors (Lipinski definition) is 5. The third kappa shape index (κ3) is 3.64. The maximum Gasteiger partial charge on any atom is 0.338 e. The summed E-state index contributed by atoms with van der Waals surface area (Å²) in [6.07, 6.45) is 4.10. The first-order valence-corrected chi connectivity index (χ1v) is 8.41. The molecule has 0 bridgehead atoms. The Morgan fingerprint density at radius 1 is 1.17 bits per heavy atom. The van der Waals surface area contributed by atoms with E-state index in [9.17, 15) is 14.7 Å². The van der Waals surface area contributed by atoms with Crippen LogP contribution in [0, 0.1) is 0 Å². The summed E-state index contributed by atoms with van der Waals surface area (Å²) < 4.78 is 5.05. The van der Waals surface area contributed by atoms with Gasteiger partial charge in [0.2, 0.25) is 0 Å². The first kappa shape index (κ1) is 16.6. The molecule has 0 radical (unpaired) electrons. The predicted molar refractivity (Wildman–Crippen MR) is 88.3 cm³/mol. The number of esters is 1. The molecule has 6 heteroatoms. The standard InChI is InChI=1S/C18H22N2O4/c21-16(13-24-17(22)18(23)10-5-2-6-11-18)20-12-9-15(19-20)14-7-3-1-4-8-14/h1,3-4,7-8,23H,2,5-6,9-13H2. The first-order valence-electron chi connectivity index (χ1n) is 8.41. The molecule has 1 saturated carbocycles. The van der Waals surface area contributed by atoms with E-state index in [0.29, 0.717) is 25.8 Å². The maximum atomic E-state index is 12.2. The van der Waals surface area contributed by atoms with Gasteiger partial charge in [-0.15, -0.1) is 0 Å². The van der Waals surface area contributed by atoms with Gasteiger partial charge in [-0.25, -0.2) is 9.80 Å². The van der Waals surface area contributed by atoms with E-state index in [4.69, 9.17) is 4.74 Å². The van der Waals surface area contributed by atoms with Crippen LogP contribution in [0.4, 0.5) is 0 Å². The summed E-state index contributed by atoms with van der Waals surface area (Å²) in [5, 5.41) is 15.9. The molecule has 128 valence electrons. The maximum absolute atomic E-state index is 12.2. The van der Waals surface area contributed by atoms with Gasteiger partial charge in [0.05, 0.1) is 12.3 Å². The van der Waals surface area contributed by atoms with E-state index in [0.717, 1.165) is 30.5 Å². The zero-order valence-electron chi connectivity index (χ0n) is 13.6. The molecule has 1 heterocycles. The molecule has 2 aliphatic rings. The fraction of sp³-hybridized carbons (Fsp3) is 0.500. The minimum atomic E-state index is -1.43. The van der Waals surface area contributed by atoms with Crippen molar-refractivity contribution >= 4 is 17.6 Å². The second-order valence-electron chi connectivity index (χ2n) is 6.35. The van der Waals surface area contributed by atoms with Crippen LogP contribution in [0.3, 0.4) is 0 Å². The molecule has 1 fully saturated rings. The minimum absolute atomic E-state index is 0.367. The number of amides is 1. The molecule has 1 aliphatic heterocycles. The molecular weight excluding hydrogens is 308 g/mol. The molecule has 1 amide bonds. The Labute approximate surface area is 141 Å². The molecule has 1 aromatic rings. The van der Waals surface area contributed by atoms with Crippen LogP contribution >= 0.6 is 0 Å². The number of nitrogens with zero attached hydrogens (tertiary/aromatic N) is 2. The van der Waals surface area contributed by atoms with Crippen LogP contribution in [0.5, 0.6) is 0 Å². The summed E-state index contributed by atoms with van der Waals surface area (Å²) in [5.41, 5.74) is 0.407. The summed E-state index contributed by atoms with van der Waals surface area (Å²) in [6.45, 7) is 0.0948. The summed E-state index contributed by atoms with van der Waals surface area (Å²) in [5.74, 6) is -1.06. The van der Waals surface area contributed by atoms with Gasteiger partial charge < -0.3 is 9.84 Å². The van der Waals surface area contributed by atoms with Gasteiger partial charge in [-0.2, -0.15) is 5.10 Å². The Bertz CT molecular complexity index is 636. The molecule has 0 aromatic heterocycles. The zero-order valence-corrected chi connectivity index (χ0v) is 13.6. The van der Waals surface area contributed by atoms with Crippen molar-refractivity contribution in [3.63, 3.8) is 0 Å². The van der Waals surface area contributed by atoms with Crippen LogP contribution in [0.25, 0.3) is 0 Å². The smallest absolute Gasteiger partial charge is 0.338 e. The Hall–Kier alpha value is -2.21. The van der Waals surface area contributed by atoms with Gasteiger partial charge in [-0.05, 0) is 31.2 Å². The van der Waals surface area contributed by atoms with Gasteiger partial charge in [0.25, 0.3) is 5.91 Å². The molecule has 1 N–H and O–H groups in total. The van der Waals surface area contributed by atoms with E-state index in [2.05, 4.69) is 5.10 Å². The van der Waals surface area contributed by atoms with Crippen molar-refractivity contribution in [1.29, 1.82) is 0 Å². The Morgan fingerprint density at radius 2 is 1.88 bits per heavy atom. The van der Waals surface area contributed by atoms with Crippen molar-refractivity contribution in [3.05, 3.63) is 35.9 Å². The normalized spacial score (nSPS) is 19.7. The topological polar surface area (TPSA) is 79.2 Å². The minimum Gasteiger partial charge on any atom is -0.453 e. The van der Waals surface area contributed by atoms with Gasteiger partial charge in [0, 0.05) is 6.42 Å². The molecule has 0 saturated heterocycles. The van der Waals surface area contributed by atoms with Crippen molar-refractivity contribution in [3.8, 4) is 0 Å². The van der Waals surface area contributed by atoms with Crippen LogP contribution < -0.4 is 0 Å². The van der Waals surface area contributed by atoms with Crippen molar-refractivity contribution in [1.82, 2.24) is 5.01 Å². The van der Waals surface area contributed by atoms with Crippen LogP contribution in [0.2, 0.25) is 0 Å². The quantitative estimate of drug-likeness (QED) is 0.855. The highest BCUT2D eigenvalue weighted by molar-refractivity contribution is 6.02. The largest absolute Gasteiger partial charge is 0.453 e. The Morgan fingerprint density at radius 3 is 2.58 bits per heavy atom. The van der Waals surface area contributed by atoms with Crippen LogP contribution in [-0.2, 0) is 14.3 Å². The molecule has 0 spiro atoms. The third-order valence-electron chi connectivity index (χ3n) is 4.58. The lowest BCUT2D eigenvalue weighted by Crippen LogP contribution is -2.43. The number of rotatable bonds is 4. The highest BCUT2D eigenvalue weighted by atomic mass is 16.6.